The number of para-hydroxylation sites is 1. The minimum Gasteiger partial charge on any atom is -0.370 e. The number of aliphatic imine (C=N–C) groups is 2. The molecule has 64 heavy (non-hydrogen) atoms. The van der Waals surface area contributed by atoms with E-state index in [4.69, 9.17) is 28.7 Å². The van der Waals surface area contributed by atoms with Crippen LogP contribution >= 0.6 is 0 Å². The number of hydrogen-bond donors (Lipinski definition) is 12. The van der Waals surface area contributed by atoms with Crippen LogP contribution in [0.1, 0.15) is 75.8 Å². The lowest BCUT2D eigenvalue weighted by atomic mass is 10.0. The Balaban J connectivity index is 1.79. The predicted octanol–water partition coefficient (Wildman–Crippen LogP) is -1.56. The van der Waals surface area contributed by atoms with E-state index in [-0.39, 0.29) is 82.8 Å². The number of guanidine groups is 2. The maximum atomic E-state index is 14.4. The molecule has 1 aliphatic heterocycles. The van der Waals surface area contributed by atoms with Crippen molar-refractivity contribution in [3.8, 4) is 0 Å². The van der Waals surface area contributed by atoms with Crippen molar-refractivity contribution in [2.24, 2.45) is 38.7 Å². The Kier molecular flexibility index (Phi) is 19.4. The summed E-state index contributed by atoms with van der Waals surface area (Å²) in [6.07, 6.45) is 2.96. The van der Waals surface area contributed by atoms with E-state index in [0.29, 0.717) is 24.0 Å². The SMILES string of the molecule is CCCCC1NC(=O)CCC(C(N)=O)NC(=O)C(Cc2c[nH]c3ccccc23)NC(=O)C(CCCN=C(N)N)NC(=O)C(Cc2ccccc2)NC(=O)C(CCCN=C(N)N)NC1=O. The van der Waals surface area contributed by atoms with Gasteiger partial charge < -0.3 is 65.6 Å². The van der Waals surface area contributed by atoms with Gasteiger partial charge in [-0.15, -0.1) is 0 Å². The fourth-order valence-corrected chi connectivity index (χ4v) is 7.20. The zero-order valence-electron chi connectivity index (χ0n) is 36.1. The molecule has 7 amide bonds. The summed E-state index contributed by atoms with van der Waals surface area (Å²) in [5.74, 6) is -5.60. The van der Waals surface area contributed by atoms with Crippen LogP contribution in [0.2, 0.25) is 0 Å². The Morgan fingerprint density at radius 3 is 1.64 bits per heavy atom. The summed E-state index contributed by atoms with van der Waals surface area (Å²) in [6, 6.07) is 8.59. The van der Waals surface area contributed by atoms with Crippen LogP contribution < -0.4 is 60.6 Å². The second-order valence-electron chi connectivity index (χ2n) is 15.7. The first-order valence-corrected chi connectivity index (χ1v) is 21.4. The van der Waals surface area contributed by atoms with Crippen LogP contribution in [0.5, 0.6) is 0 Å². The van der Waals surface area contributed by atoms with Crippen molar-refractivity contribution < 1.29 is 33.6 Å². The van der Waals surface area contributed by atoms with Gasteiger partial charge in [-0.2, -0.15) is 0 Å². The van der Waals surface area contributed by atoms with Crippen molar-refractivity contribution in [2.75, 3.05) is 13.1 Å². The van der Waals surface area contributed by atoms with Crippen LogP contribution in [0.15, 0.2) is 70.8 Å². The van der Waals surface area contributed by atoms with Crippen molar-refractivity contribution in [1.29, 1.82) is 0 Å². The minimum absolute atomic E-state index is 0.0105. The number of H-pyrrole nitrogens is 1. The Labute approximate surface area is 371 Å². The number of hydrogen-bond acceptors (Lipinski definition) is 9. The third kappa shape index (κ3) is 15.9. The van der Waals surface area contributed by atoms with E-state index in [1.165, 1.54) is 0 Å². The first-order valence-electron chi connectivity index (χ1n) is 21.4. The Morgan fingerprint density at radius 2 is 1.08 bits per heavy atom. The molecule has 346 valence electrons. The smallest absolute Gasteiger partial charge is 0.243 e. The number of carbonyl (C=O) groups excluding carboxylic acids is 7. The summed E-state index contributed by atoms with van der Waals surface area (Å²) in [7, 11) is 0. The molecule has 0 spiro atoms. The highest BCUT2D eigenvalue weighted by atomic mass is 16.2. The monoisotopic (exact) mass is 886 g/mol. The number of nitrogens with two attached hydrogens (primary N) is 5. The van der Waals surface area contributed by atoms with Crippen molar-refractivity contribution >= 4 is 64.2 Å². The number of nitrogens with one attached hydrogen (secondary N) is 7. The molecule has 6 atom stereocenters. The molecule has 1 fully saturated rings. The van der Waals surface area contributed by atoms with Gasteiger partial charge in [-0.25, -0.2) is 0 Å². The molecule has 0 saturated carbocycles. The van der Waals surface area contributed by atoms with Gasteiger partial charge in [-0.05, 0) is 55.7 Å². The number of carbonyl (C=O) groups is 7. The summed E-state index contributed by atoms with van der Waals surface area (Å²) in [5, 5.41) is 17.2. The lowest BCUT2D eigenvalue weighted by Crippen LogP contribution is -2.60. The number of amides is 7. The van der Waals surface area contributed by atoms with Gasteiger partial charge in [0, 0.05) is 49.5 Å². The first-order chi connectivity index (χ1) is 30.6. The third-order valence-corrected chi connectivity index (χ3v) is 10.6. The summed E-state index contributed by atoms with van der Waals surface area (Å²) in [6.45, 7) is 2.13. The number of fused-ring (bicyclic) bond motifs is 1. The average Bonchev–Trinajstić information content (AvgIpc) is 3.67. The molecule has 3 aromatic rings. The molecule has 2 heterocycles. The Hall–Kier alpha value is -7.19. The number of aromatic amines is 1. The number of primary amides is 1. The van der Waals surface area contributed by atoms with Crippen LogP contribution in [0.3, 0.4) is 0 Å². The molecule has 4 rings (SSSR count). The molecule has 1 saturated heterocycles. The first kappa shape index (κ1) is 49.5. The second-order valence-corrected chi connectivity index (χ2v) is 15.7. The third-order valence-electron chi connectivity index (χ3n) is 10.6. The lowest BCUT2D eigenvalue weighted by Gasteiger charge is -2.28. The van der Waals surface area contributed by atoms with Crippen molar-refractivity contribution in [3.63, 3.8) is 0 Å². The van der Waals surface area contributed by atoms with Gasteiger partial charge >= 0.3 is 0 Å². The van der Waals surface area contributed by atoms with Gasteiger partial charge in [-0.1, -0.05) is 68.3 Å². The lowest BCUT2D eigenvalue weighted by molar-refractivity contribution is -0.136. The molecule has 21 heteroatoms. The molecular formula is C43H62N14O7. The zero-order valence-corrected chi connectivity index (χ0v) is 36.1. The highest BCUT2D eigenvalue weighted by Crippen LogP contribution is 2.20. The number of nitrogens with zero attached hydrogens (tertiary/aromatic N) is 2. The van der Waals surface area contributed by atoms with Crippen molar-refractivity contribution in [3.05, 3.63) is 71.9 Å². The van der Waals surface area contributed by atoms with Crippen LogP contribution in [0, 0.1) is 0 Å². The maximum absolute atomic E-state index is 14.4. The number of aromatic nitrogens is 1. The minimum atomic E-state index is -1.36. The van der Waals surface area contributed by atoms with Gasteiger partial charge in [0.15, 0.2) is 11.9 Å². The van der Waals surface area contributed by atoms with E-state index >= 15 is 0 Å². The van der Waals surface area contributed by atoms with Crippen LogP contribution in [-0.2, 0) is 46.4 Å². The molecule has 0 bridgehead atoms. The molecule has 6 unspecified atom stereocenters. The molecule has 0 radical (unpaired) electrons. The quantitative estimate of drug-likeness (QED) is 0.0443. The van der Waals surface area contributed by atoms with Gasteiger partial charge in [0.2, 0.25) is 41.4 Å². The number of benzene rings is 2. The standard InChI is InChI=1S/C43H62N14O7/c1-2-3-14-30-37(60)54-31(16-9-20-49-42(45)46)38(61)56-33(22-25-11-5-4-6-12-25)40(63)55-32(17-10-21-50-43(47)48)39(62)57-34(23-26-24-51-28-15-8-7-13-27(26)28)41(64)53-29(36(44)59)18-19-35(58)52-30/h4-8,11-13,15,24,29-34,51H,2-3,9-10,14,16-23H2,1H3,(H2,44,59)(H,52,58)(H,53,64)(H,54,60)(H,55,63)(H,56,61)(H,57,62)(H4,45,46,49)(H4,47,48,50). The zero-order chi connectivity index (χ0) is 46.6. The highest BCUT2D eigenvalue weighted by Gasteiger charge is 2.34. The van der Waals surface area contributed by atoms with E-state index in [9.17, 15) is 33.6 Å². The van der Waals surface area contributed by atoms with E-state index in [2.05, 4.69) is 46.9 Å². The Bertz CT molecular complexity index is 2130. The van der Waals surface area contributed by atoms with Gasteiger partial charge in [0.1, 0.15) is 36.3 Å². The molecule has 17 N–H and O–H groups in total. The topological polar surface area (TPSA) is 362 Å². The van der Waals surface area contributed by atoms with E-state index in [1.54, 1.807) is 36.5 Å². The number of rotatable bonds is 16. The van der Waals surface area contributed by atoms with Crippen LogP contribution in [-0.4, -0.2) is 108 Å². The summed E-state index contributed by atoms with van der Waals surface area (Å²) in [5.41, 5.74) is 30.0. The van der Waals surface area contributed by atoms with Crippen LogP contribution in [0.25, 0.3) is 10.9 Å². The Morgan fingerprint density at radius 1 is 0.594 bits per heavy atom. The van der Waals surface area contributed by atoms with E-state index < -0.39 is 77.6 Å². The largest absolute Gasteiger partial charge is 0.370 e. The van der Waals surface area contributed by atoms with Crippen molar-refractivity contribution in [1.82, 2.24) is 36.9 Å². The molecule has 21 nitrogen and oxygen atoms in total. The molecule has 0 aliphatic carbocycles. The predicted molar refractivity (Wildman–Crippen MR) is 242 cm³/mol. The van der Waals surface area contributed by atoms with E-state index in [0.717, 1.165) is 10.9 Å². The molecule has 1 aliphatic rings. The molecular weight excluding hydrogens is 825 g/mol. The molecule has 2 aromatic carbocycles. The van der Waals surface area contributed by atoms with Crippen molar-refractivity contribution in [2.45, 2.75) is 114 Å². The fraction of sp³-hybridized carbons (Fsp3) is 0.465. The summed E-state index contributed by atoms with van der Waals surface area (Å²) < 4.78 is 0. The highest BCUT2D eigenvalue weighted by molar-refractivity contribution is 5.98. The number of unbranched alkanes of at least 4 members (excludes halogenated alkanes) is 1. The van der Waals surface area contributed by atoms with Gasteiger partial charge in [0.05, 0.1) is 0 Å². The average molecular weight is 887 g/mol. The normalized spacial score (nSPS) is 21.8. The molecule has 1 aromatic heterocycles. The summed E-state index contributed by atoms with van der Waals surface area (Å²) >= 11 is 0. The van der Waals surface area contributed by atoms with Gasteiger partial charge in [0.25, 0.3) is 0 Å². The fourth-order valence-electron chi connectivity index (χ4n) is 7.20. The summed E-state index contributed by atoms with van der Waals surface area (Å²) in [4.78, 5) is 108. The van der Waals surface area contributed by atoms with E-state index in [1.807, 2.05) is 31.2 Å². The van der Waals surface area contributed by atoms with Crippen LogP contribution in [0.4, 0.5) is 0 Å². The van der Waals surface area contributed by atoms with Gasteiger partial charge in [-0.3, -0.25) is 43.5 Å². The maximum Gasteiger partial charge on any atom is 0.243 e. The second kappa shape index (κ2) is 25.1.